The van der Waals surface area contributed by atoms with Gasteiger partial charge in [0.05, 0.1) is 11.9 Å². The second kappa shape index (κ2) is 8.47. The van der Waals surface area contributed by atoms with Gasteiger partial charge in [0, 0.05) is 24.3 Å². The van der Waals surface area contributed by atoms with E-state index in [1.165, 1.54) is 0 Å². The third kappa shape index (κ3) is 4.81. The Labute approximate surface area is 177 Å². The number of sulfonamides is 1. The molecule has 160 valence electrons. The first-order chi connectivity index (χ1) is 14.1. The predicted octanol–water partition coefficient (Wildman–Crippen LogP) is 3.14. The summed E-state index contributed by atoms with van der Waals surface area (Å²) < 4.78 is 25.9. The lowest BCUT2D eigenvalue weighted by molar-refractivity contribution is -0.117. The Bertz CT molecular complexity index is 1100. The Balaban J connectivity index is 1.83. The molecular formula is C22H27N3O4S. The summed E-state index contributed by atoms with van der Waals surface area (Å²) in [7, 11) is -3.66. The number of nitrogens with one attached hydrogen (secondary N) is 1. The number of hydrogen-bond donors (Lipinski definition) is 1. The molecule has 1 heterocycles. The average molecular weight is 430 g/mol. The molecule has 2 aromatic rings. The molecule has 0 aromatic heterocycles. The number of aryl methyl sites for hydroxylation is 3. The van der Waals surface area contributed by atoms with Crippen LogP contribution in [0.5, 0.6) is 0 Å². The maximum absolute atomic E-state index is 12.7. The second-order valence-electron chi connectivity index (χ2n) is 7.76. The van der Waals surface area contributed by atoms with E-state index >= 15 is 0 Å². The van der Waals surface area contributed by atoms with Crippen molar-refractivity contribution >= 4 is 38.9 Å². The number of rotatable bonds is 6. The van der Waals surface area contributed by atoms with Crippen LogP contribution in [0.4, 0.5) is 17.1 Å². The number of benzene rings is 2. The molecule has 2 amide bonds. The summed E-state index contributed by atoms with van der Waals surface area (Å²) in [6.07, 6.45) is 2.42. The largest absolute Gasteiger partial charge is 0.324 e. The molecule has 0 atom stereocenters. The number of nitrogens with zero attached hydrogens (tertiary/aromatic N) is 2. The monoisotopic (exact) mass is 429 g/mol. The van der Waals surface area contributed by atoms with E-state index in [-0.39, 0.29) is 12.5 Å². The second-order valence-corrected chi connectivity index (χ2v) is 9.66. The van der Waals surface area contributed by atoms with Crippen LogP contribution in [0.3, 0.4) is 0 Å². The Morgan fingerprint density at radius 1 is 1.10 bits per heavy atom. The molecule has 7 nitrogen and oxygen atoms in total. The van der Waals surface area contributed by atoms with Crippen molar-refractivity contribution in [3.63, 3.8) is 0 Å². The van der Waals surface area contributed by atoms with Crippen LogP contribution in [0.1, 0.15) is 29.5 Å². The first-order valence-corrected chi connectivity index (χ1v) is 11.7. The fraction of sp³-hybridized carbons (Fsp3) is 0.364. The molecule has 1 fully saturated rings. The number of amides is 2. The molecule has 0 bridgehead atoms. The first kappa shape index (κ1) is 21.8. The Hall–Kier alpha value is -2.87. The standard InChI is InChI=1S/C22H27N3O4S/c1-15-7-8-17(3)20(12-15)25(30(4,28)29)14-21(26)23-18-10-9-16(2)19(13-18)24-11-5-6-22(24)27/h7-10,12-13H,5-6,11,14H2,1-4H3,(H,23,26). The highest BCUT2D eigenvalue weighted by atomic mass is 32.2. The van der Waals surface area contributed by atoms with E-state index in [1.807, 2.05) is 39.0 Å². The van der Waals surface area contributed by atoms with Crippen molar-refractivity contribution in [2.24, 2.45) is 0 Å². The fourth-order valence-corrected chi connectivity index (χ4v) is 4.49. The van der Waals surface area contributed by atoms with Gasteiger partial charge >= 0.3 is 0 Å². The van der Waals surface area contributed by atoms with Crippen LogP contribution in [0.25, 0.3) is 0 Å². The van der Waals surface area contributed by atoms with Gasteiger partial charge in [-0.15, -0.1) is 0 Å². The SMILES string of the molecule is Cc1ccc(C)c(N(CC(=O)Nc2ccc(C)c(N3CCCC3=O)c2)S(C)(=O)=O)c1. The van der Waals surface area contributed by atoms with Crippen LogP contribution in [0.2, 0.25) is 0 Å². The summed E-state index contributed by atoms with van der Waals surface area (Å²) in [6.45, 7) is 5.92. The Kier molecular flexibility index (Phi) is 6.17. The zero-order valence-electron chi connectivity index (χ0n) is 17.7. The van der Waals surface area contributed by atoms with E-state index in [2.05, 4.69) is 5.32 Å². The van der Waals surface area contributed by atoms with Crippen LogP contribution < -0.4 is 14.5 Å². The van der Waals surface area contributed by atoms with Crippen molar-refractivity contribution < 1.29 is 18.0 Å². The van der Waals surface area contributed by atoms with Gasteiger partial charge in [-0.25, -0.2) is 8.42 Å². The molecule has 1 aliphatic heterocycles. The maximum Gasteiger partial charge on any atom is 0.245 e. The van der Waals surface area contributed by atoms with Gasteiger partial charge in [-0.1, -0.05) is 18.2 Å². The highest BCUT2D eigenvalue weighted by Crippen LogP contribution is 2.28. The van der Waals surface area contributed by atoms with Crippen LogP contribution in [-0.2, 0) is 19.6 Å². The molecule has 0 unspecified atom stereocenters. The molecule has 1 aliphatic rings. The summed E-state index contributed by atoms with van der Waals surface area (Å²) >= 11 is 0. The van der Waals surface area contributed by atoms with Gasteiger partial charge in [0.15, 0.2) is 0 Å². The van der Waals surface area contributed by atoms with E-state index < -0.39 is 15.9 Å². The quantitative estimate of drug-likeness (QED) is 0.764. The third-order valence-corrected chi connectivity index (χ3v) is 6.30. The molecule has 2 aromatic carbocycles. The van der Waals surface area contributed by atoms with Gasteiger partial charge in [-0.2, -0.15) is 0 Å². The Morgan fingerprint density at radius 3 is 2.43 bits per heavy atom. The van der Waals surface area contributed by atoms with Crippen molar-refractivity contribution in [2.45, 2.75) is 33.6 Å². The summed E-state index contributed by atoms with van der Waals surface area (Å²) in [5.41, 5.74) is 4.39. The lowest BCUT2D eigenvalue weighted by atomic mass is 10.1. The lowest BCUT2D eigenvalue weighted by Crippen LogP contribution is -2.38. The molecule has 0 radical (unpaired) electrons. The van der Waals surface area contributed by atoms with Crippen LogP contribution >= 0.6 is 0 Å². The minimum absolute atomic E-state index is 0.0692. The number of hydrogen-bond acceptors (Lipinski definition) is 4. The van der Waals surface area contributed by atoms with E-state index in [0.29, 0.717) is 24.3 Å². The van der Waals surface area contributed by atoms with Crippen molar-refractivity contribution in [3.05, 3.63) is 53.1 Å². The van der Waals surface area contributed by atoms with E-state index in [0.717, 1.165) is 39.4 Å². The third-order valence-electron chi connectivity index (χ3n) is 5.18. The number of anilines is 3. The first-order valence-electron chi connectivity index (χ1n) is 9.82. The van der Waals surface area contributed by atoms with Crippen molar-refractivity contribution in [2.75, 3.05) is 33.9 Å². The molecule has 30 heavy (non-hydrogen) atoms. The lowest BCUT2D eigenvalue weighted by Gasteiger charge is -2.24. The summed E-state index contributed by atoms with van der Waals surface area (Å²) in [5, 5.41) is 2.77. The topological polar surface area (TPSA) is 86.8 Å². The zero-order valence-corrected chi connectivity index (χ0v) is 18.5. The molecule has 0 spiro atoms. The fourth-order valence-electron chi connectivity index (χ4n) is 3.58. The molecule has 1 saturated heterocycles. The Morgan fingerprint density at radius 2 is 1.80 bits per heavy atom. The highest BCUT2D eigenvalue weighted by molar-refractivity contribution is 7.92. The smallest absolute Gasteiger partial charge is 0.245 e. The molecule has 3 rings (SSSR count). The average Bonchev–Trinajstić information content (AvgIpc) is 3.08. The summed E-state index contributed by atoms with van der Waals surface area (Å²) in [6, 6.07) is 10.8. The van der Waals surface area contributed by atoms with Gasteiger partial charge in [-0.3, -0.25) is 13.9 Å². The molecule has 8 heteroatoms. The van der Waals surface area contributed by atoms with Gasteiger partial charge in [0.2, 0.25) is 21.8 Å². The number of carbonyl (C=O) groups is 2. The van der Waals surface area contributed by atoms with Crippen LogP contribution in [0, 0.1) is 20.8 Å². The maximum atomic E-state index is 12.7. The zero-order chi connectivity index (χ0) is 22.1. The van der Waals surface area contributed by atoms with E-state index in [1.54, 1.807) is 23.1 Å². The minimum atomic E-state index is -3.66. The van der Waals surface area contributed by atoms with Crippen molar-refractivity contribution in [1.82, 2.24) is 0 Å². The van der Waals surface area contributed by atoms with Gasteiger partial charge in [0.1, 0.15) is 6.54 Å². The molecule has 1 N–H and O–H groups in total. The predicted molar refractivity (Wildman–Crippen MR) is 120 cm³/mol. The van der Waals surface area contributed by atoms with Gasteiger partial charge in [0.25, 0.3) is 0 Å². The molecule has 0 saturated carbocycles. The van der Waals surface area contributed by atoms with Gasteiger partial charge in [-0.05, 0) is 62.1 Å². The van der Waals surface area contributed by atoms with Crippen molar-refractivity contribution in [1.29, 1.82) is 0 Å². The highest BCUT2D eigenvalue weighted by Gasteiger charge is 2.25. The van der Waals surface area contributed by atoms with E-state index in [9.17, 15) is 18.0 Å². The van der Waals surface area contributed by atoms with E-state index in [4.69, 9.17) is 0 Å². The number of carbonyl (C=O) groups excluding carboxylic acids is 2. The normalized spacial score (nSPS) is 14.1. The summed E-state index contributed by atoms with van der Waals surface area (Å²) in [5.74, 6) is -0.386. The van der Waals surface area contributed by atoms with Crippen LogP contribution in [0.15, 0.2) is 36.4 Å². The summed E-state index contributed by atoms with van der Waals surface area (Å²) in [4.78, 5) is 26.5. The molecule has 0 aliphatic carbocycles. The minimum Gasteiger partial charge on any atom is -0.324 e. The molecular weight excluding hydrogens is 402 g/mol. The van der Waals surface area contributed by atoms with Gasteiger partial charge < -0.3 is 10.2 Å². The van der Waals surface area contributed by atoms with Crippen molar-refractivity contribution in [3.8, 4) is 0 Å². The van der Waals surface area contributed by atoms with Crippen LogP contribution in [-0.4, -0.2) is 39.6 Å².